The van der Waals surface area contributed by atoms with Crippen LogP contribution in [-0.2, 0) is 11.2 Å². The zero-order valence-electron chi connectivity index (χ0n) is 15.0. The number of nitrogens with zero attached hydrogens (tertiary/aromatic N) is 1. The number of aliphatic hydroxyl groups excluding tert-OH is 1. The molecule has 0 aliphatic carbocycles. The number of hydrogen-bond acceptors (Lipinski definition) is 3. The molecule has 1 aromatic rings. The molecule has 1 heterocycles. The summed E-state index contributed by atoms with van der Waals surface area (Å²) in [5.41, 5.74) is 2.47. The first-order chi connectivity index (χ1) is 11.5. The number of amides is 2. The first-order valence-electron chi connectivity index (χ1n) is 8.88. The lowest BCUT2D eigenvalue weighted by atomic mass is 10.0. The second-order valence-corrected chi connectivity index (χ2v) is 6.75. The van der Waals surface area contributed by atoms with Gasteiger partial charge < -0.3 is 20.1 Å². The van der Waals surface area contributed by atoms with Gasteiger partial charge in [0.2, 0.25) is 0 Å². The lowest BCUT2D eigenvalue weighted by Crippen LogP contribution is -2.55. The summed E-state index contributed by atoms with van der Waals surface area (Å²) in [5.74, 6) is 0. The number of aryl methyl sites for hydroxylation is 1. The molecule has 5 heteroatoms. The highest BCUT2D eigenvalue weighted by atomic mass is 16.5. The molecule has 0 unspecified atom stereocenters. The molecule has 1 aromatic carbocycles. The van der Waals surface area contributed by atoms with Gasteiger partial charge in [0.25, 0.3) is 0 Å². The van der Waals surface area contributed by atoms with E-state index in [0.29, 0.717) is 26.2 Å². The summed E-state index contributed by atoms with van der Waals surface area (Å²) in [6.07, 6.45) is 1.81. The van der Waals surface area contributed by atoms with Crippen molar-refractivity contribution in [3.05, 3.63) is 35.4 Å². The maximum Gasteiger partial charge on any atom is 0.318 e. The largest absolute Gasteiger partial charge is 0.393 e. The van der Waals surface area contributed by atoms with Crippen LogP contribution in [-0.4, -0.2) is 54.0 Å². The highest BCUT2D eigenvalue weighted by Crippen LogP contribution is 2.14. The van der Waals surface area contributed by atoms with E-state index in [0.717, 1.165) is 12.8 Å². The van der Waals surface area contributed by atoms with Gasteiger partial charge in [0, 0.05) is 12.6 Å². The first kappa shape index (κ1) is 18.7. The van der Waals surface area contributed by atoms with Crippen LogP contribution < -0.4 is 5.32 Å². The molecular weight excluding hydrogens is 304 g/mol. The maximum absolute atomic E-state index is 12.7. The molecule has 24 heavy (non-hydrogen) atoms. The van der Waals surface area contributed by atoms with Crippen molar-refractivity contribution >= 4 is 6.03 Å². The molecule has 0 bridgehead atoms. The molecule has 0 aromatic heterocycles. The van der Waals surface area contributed by atoms with Crippen LogP contribution >= 0.6 is 0 Å². The van der Waals surface area contributed by atoms with E-state index in [1.165, 1.54) is 11.1 Å². The summed E-state index contributed by atoms with van der Waals surface area (Å²) in [5, 5.41) is 12.8. The number of urea groups is 1. The summed E-state index contributed by atoms with van der Waals surface area (Å²) in [4.78, 5) is 14.5. The third kappa shape index (κ3) is 5.49. The minimum Gasteiger partial charge on any atom is -0.393 e. The van der Waals surface area contributed by atoms with Gasteiger partial charge >= 0.3 is 6.03 Å². The molecule has 2 N–H and O–H groups in total. The summed E-state index contributed by atoms with van der Waals surface area (Å²) in [6.45, 7) is 7.53. The van der Waals surface area contributed by atoms with Gasteiger partial charge in [-0.1, -0.05) is 36.8 Å². The Balaban J connectivity index is 1.95. The number of nitrogens with one attached hydrogen (secondary N) is 1. The monoisotopic (exact) mass is 334 g/mol. The normalized spacial score (nSPS) is 20.5. The van der Waals surface area contributed by atoms with E-state index in [4.69, 9.17) is 4.74 Å². The fraction of sp³-hybridized carbons (Fsp3) is 0.632. The molecule has 2 amide bonds. The van der Waals surface area contributed by atoms with E-state index in [-0.39, 0.29) is 18.1 Å². The van der Waals surface area contributed by atoms with Crippen molar-refractivity contribution in [2.24, 2.45) is 0 Å². The fourth-order valence-corrected chi connectivity index (χ4v) is 3.07. The average molecular weight is 334 g/mol. The van der Waals surface area contributed by atoms with Crippen LogP contribution in [0.3, 0.4) is 0 Å². The summed E-state index contributed by atoms with van der Waals surface area (Å²) in [6, 6.07) is 8.44. The Morgan fingerprint density at radius 1 is 1.42 bits per heavy atom. The molecule has 1 aliphatic heterocycles. The van der Waals surface area contributed by atoms with Gasteiger partial charge in [-0.15, -0.1) is 0 Å². The Kier molecular flexibility index (Phi) is 7.06. The number of morpholine rings is 1. The molecule has 0 saturated carbocycles. The zero-order chi connectivity index (χ0) is 17.5. The van der Waals surface area contributed by atoms with Crippen molar-refractivity contribution in [3.8, 4) is 0 Å². The fourth-order valence-electron chi connectivity index (χ4n) is 3.07. The van der Waals surface area contributed by atoms with Crippen molar-refractivity contribution in [1.82, 2.24) is 10.2 Å². The van der Waals surface area contributed by atoms with E-state index >= 15 is 0 Å². The van der Waals surface area contributed by atoms with Gasteiger partial charge in [0.1, 0.15) is 0 Å². The van der Waals surface area contributed by atoms with Gasteiger partial charge in [-0.25, -0.2) is 4.79 Å². The number of ether oxygens (including phenoxy) is 1. The van der Waals surface area contributed by atoms with Crippen LogP contribution in [0, 0.1) is 6.92 Å². The highest BCUT2D eigenvalue weighted by molar-refractivity contribution is 5.75. The van der Waals surface area contributed by atoms with Crippen LogP contribution in [0.25, 0.3) is 0 Å². The van der Waals surface area contributed by atoms with Gasteiger partial charge in [0.05, 0.1) is 25.4 Å². The van der Waals surface area contributed by atoms with E-state index < -0.39 is 6.10 Å². The van der Waals surface area contributed by atoms with Gasteiger partial charge in [0.15, 0.2) is 0 Å². The summed E-state index contributed by atoms with van der Waals surface area (Å²) in [7, 11) is 0. The second kappa shape index (κ2) is 9.04. The molecular formula is C19H30N2O3. The van der Waals surface area contributed by atoms with Crippen LogP contribution in [0.15, 0.2) is 24.3 Å². The second-order valence-electron chi connectivity index (χ2n) is 6.75. The van der Waals surface area contributed by atoms with Crippen molar-refractivity contribution < 1.29 is 14.6 Å². The van der Waals surface area contributed by atoms with Crippen molar-refractivity contribution in [2.75, 3.05) is 19.8 Å². The number of carbonyl (C=O) groups is 1. The highest BCUT2D eigenvalue weighted by Gasteiger charge is 2.29. The maximum atomic E-state index is 12.7. The Morgan fingerprint density at radius 2 is 2.12 bits per heavy atom. The third-order valence-corrected chi connectivity index (χ3v) is 4.52. The van der Waals surface area contributed by atoms with Crippen molar-refractivity contribution in [1.29, 1.82) is 0 Å². The molecule has 1 saturated heterocycles. The van der Waals surface area contributed by atoms with E-state index in [9.17, 15) is 9.90 Å². The predicted octanol–water partition coefficient (Wildman–Crippen LogP) is 2.50. The minimum atomic E-state index is -0.443. The van der Waals surface area contributed by atoms with Crippen molar-refractivity contribution in [3.63, 3.8) is 0 Å². The molecule has 1 fully saturated rings. The minimum absolute atomic E-state index is 0.0529. The Hall–Kier alpha value is -1.59. The Morgan fingerprint density at radius 3 is 2.75 bits per heavy atom. The average Bonchev–Trinajstić information content (AvgIpc) is 2.56. The SMILES string of the molecule is CC[C@H](Cc1ccc(C)cc1)NC(=O)N1CCOC[C@@H]1C[C@H](C)O. The Labute approximate surface area is 145 Å². The number of rotatable bonds is 6. The topological polar surface area (TPSA) is 61.8 Å². The standard InChI is InChI=1S/C19H30N2O3/c1-4-17(12-16-7-5-14(2)6-8-16)20-19(23)21-9-10-24-13-18(21)11-15(3)22/h5-8,15,17-18,22H,4,9-13H2,1-3H3,(H,20,23)/t15-,17+,18-/m0/s1. The quantitative estimate of drug-likeness (QED) is 0.840. The van der Waals surface area contributed by atoms with Crippen LogP contribution in [0.5, 0.6) is 0 Å². The summed E-state index contributed by atoms with van der Waals surface area (Å²) < 4.78 is 5.47. The summed E-state index contributed by atoms with van der Waals surface area (Å²) >= 11 is 0. The van der Waals surface area contributed by atoms with Gasteiger partial charge in [-0.3, -0.25) is 0 Å². The lowest BCUT2D eigenvalue weighted by molar-refractivity contribution is -0.00483. The van der Waals surface area contributed by atoms with Gasteiger partial charge in [-0.2, -0.15) is 0 Å². The molecule has 5 nitrogen and oxygen atoms in total. The number of hydrogen-bond donors (Lipinski definition) is 2. The lowest BCUT2D eigenvalue weighted by Gasteiger charge is -2.37. The molecule has 0 spiro atoms. The van der Waals surface area contributed by atoms with Crippen molar-refractivity contribution in [2.45, 2.75) is 58.2 Å². The van der Waals surface area contributed by atoms with Crippen LogP contribution in [0.2, 0.25) is 0 Å². The molecule has 2 rings (SSSR count). The van der Waals surface area contributed by atoms with Crippen LogP contribution in [0.1, 0.15) is 37.8 Å². The zero-order valence-corrected chi connectivity index (χ0v) is 15.0. The van der Waals surface area contributed by atoms with Gasteiger partial charge in [-0.05, 0) is 38.7 Å². The Bertz CT molecular complexity index is 516. The molecule has 3 atom stereocenters. The first-order valence-corrected chi connectivity index (χ1v) is 8.88. The number of aliphatic hydroxyl groups is 1. The van der Waals surface area contributed by atoms with E-state index in [2.05, 4.69) is 43.4 Å². The number of carbonyl (C=O) groups excluding carboxylic acids is 1. The number of benzene rings is 1. The van der Waals surface area contributed by atoms with E-state index in [1.54, 1.807) is 6.92 Å². The molecule has 134 valence electrons. The van der Waals surface area contributed by atoms with Crippen LogP contribution in [0.4, 0.5) is 4.79 Å². The smallest absolute Gasteiger partial charge is 0.318 e. The third-order valence-electron chi connectivity index (χ3n) is 4.52. The molecule has 0 radical (unpaired) electrons. The predicted molar refractivity (Wildman–Crippen MR) is 95.1 cm³/mol. The van der Waals surface area contributed by atoms with E-state index in [1.807, 2.05) is 4.90 Å². The molecule has 1 aliphatic rings.